The predicted molar refractivity (Wildman–Crippen MR) is 317 cm³/mol. The predicted octanol–water partition coefficient (Wildman–Crippen LogP) is -2.66. The highest BCUT2D eigenvalue weighted by atomic mass is 16.2. The molecule has 3 heterocycles. The Morgan fingerprint density at radius 3 is 1.67 bits per heavy atom. The van der Waals surface area contributed by atoms with E-state index >= 15 is 0 Å². The summed E-state index contributed by atoms with van der Waals surface area (Å²) < 4.78 is 0. The Kier molecular flexibility index (Phi) is 24.9. The van der Waals surface area contributed by atoms with Crippen molar-refractivity contribution in [1.29, 1.82) is 0 Å². The summed E-state index contributed by atoms with van der Waals surface area (Å²) in [5.41, 5.74) is 30.0. The Bertz CT molecular complexity index is 3150. The zero-order valence-corrected chi connectivity index (χ0v) is 48.9. The molecule has 0 unspecified atom stereocenters. The van der Waals surface area contributed by atoms with Crippen LogP contribution in [-0.4, -0.2) is 160 Å². The van der Waals surface area contributed by atoms with Crippen molar-refractivity contribution in [3.8, 4) is 0 Å². The molecule has 2 aromatic carbocycles. The number of para-hydroxylation sites is 2. The van der Waals surface area contributed by atoms with Gasteiger partial charge in [0, 0.05) is 73.5 Å². The number of aromatic amines is 2. The molecule has 466 valence electrons. The van der Waals surface area contributed by atoms with Crippen molar-refractivity contribution < 1.29 is 57.5 Å². The van der Waals surface area contributed by atoms with Crippen molar-refractivity contribution in [1.82, 2.24) is 57.4 Å². The van der Waals surface area contributed by atoms with Crippen LogP contribution in [0.5, 0.6) is 0 Å². The first kappa shape index (κ1) is 67.2. The highest BCUT2D eigenvalue weighted by Crippen LogP contribution is 2.24. The number of carbonyl (C=O) groups is 12. The fourth-order valence-corrected chi connectivity index (χ4v) is 10.0. The molecule has 20 N–H and O–H groups in total. The van der Waals surface area contributed by atoms with Crippen LogP contribution in [0.3, 0.4) is 0 Å². The van der Waals surface area contributed by atoms with Gasteiger partial charge in [0.15, 0.2) is 5.96 Å². The molecule has 0 spiro atoms. The van der Waals surface area contributed by atoms with E-state index in [0.717, 1.165) is 27.4 Å². The quantitative estimate of drug-likeness (QED) is 0.0132. The lowest BCUT2D eigenvalue weighted by Gasteiger charge is -2.32. The number of benzene rings is 2. The molecule has 29 heteroatoms. The number of hydrogen-bond donors (Lipinski definition) is 15. The van der Waals surface area contributed by atoms with E-state index < -0.39 is 157 Å². The highest BCUT2D eigenvalue weighted by molar-refractivity contribution is 6.00. The number of hydrogen-bond acceptors (Lipinski definition) is 13. The van der Waals surface area contributed by atoms with E-state index in [1.54, 1.807) is 46.2 Å². The minimum absolute atomic E-state index is 0.0276. The number of primary amides is 3. The van der Waals surface area contributed by atoms with Crippen molar-refractivity contribution in [2.45, 2.75) is 147 Å². The number of aromatic nitrogens is 2. The number of rotatable bonds is 33. The Labute approximate surface area is 496 Å². The number of nitrogens with zero attached hydrogens (tertiary/aromatic N) is 2. The van der Waals surface area contributed by atoms with E-state index in [9.17, 15) is 57.5 Å². The molecule has 1 aliphatic rings. The molecule has 9 atom stereocenters. The van der Waals surface area contributed by atoms with Crippen LogP contribution in [0, 0.1) is 11.8 Å². The summed E-state index contributed by atoms with van der Waals surface area (Å²) in [4.78, 5) is 174. The monoisotopic (exact) mass is 1200 g/mol. The Hall–Kier alpha value is -9.57. The van der Waals surface area contributed by atoms with Gasteiger partial charge in [0.2, 0.25) is 70.9 Å². The Morgan fingerprint density at radius 2 is 1.13 bits per heavy atom. The van der Waals surface area contributed by atoms with Gasteiger partial charge >= 0.3 is 0 Å². The number of fused-ring (bicyclic) bond motifs is 2. The molecule has 0 radical (unpaired) electrons. The Morgan fingerprint density at radius 1 is 0.605 bits per heavy atom. The molecule has 0 bridgehead atoms. The van der Waals surface area contributed by atoms with Gasteiger partial charge < -0.3 is 86.1 Å². The average molecular weight is 1200 g/mol. The summed E-state index contributed by atoms with van der Waals surface area (Å²) in [6, 6.07) is 3.63. The van der Waals surface area contributed by atoms with E-state index in [1.165, 1.54) is 11.8 Å². The molecule has 1 aliphatic heterocycles. The van der Waals surface area contributed by atoms with Crippen LogP contribution in [0.25, 0.3) is 21.8 Å². The van der Waals surface area contributed by atoms with Crippen LogP contribution in [0.1, 0.15) is 97.1 Å². The topological polar surface area (TPSA) is 478 Å². The Balaban J connectivity index is 1.36. The zero-order chi connectivity index (χ0) is 63.4. The summed E-state index contributed by atoms with van der Waals surface area (Å²) in [6.45, 7) is 7.51. The average Bonchev–Trinajstić information content (AvgIpc) is 4.21. The fourth-order valence-electron chi connectivity index (χ4n) is 10.0. The van der Waals surface area contributed by atoms with Crippen LogP contribution >= 0.6 is 0 Å². The number of carbonyl (C=O) groups excluding carboxylic acids is 12. The SMILES string of the molecule is CC[C@H](C)[C@H](NC(=O)[C@@H](Cc1c[nH]c2ccccc12)NC(=O)[C@H](Cc1c[nH]c2ccccc12)NC(C)=O)C(=O)N[C@@H](CCC(N)=O)C(=O)N[C@@H](CC(N)=O)C(=O)N[C@H](C(=O)N1CCC[C@H]1C(=O)N[C@@H](CCCN=C(N)N)C(=O)NCC(N)=O)C(C)C. The second-order valence-corrected chi connectivity index (χ2v) is 21.7. The van der Waals surface area contributed by atoms with Gasteiger partial charge in [-0.25, -0.2) is 0 Å². The molecular weight excluding hydrogens is 1110 g/mol. The normalized spacial score (nSPS) is 15.7. The molecule has 29 nitrogen and oxygen atoms in total. The number of nitrogens with two attached hydrogens (primary N) is 5. The zero-order valence-electron chi connectivity index (χ0n) is 48.9. The minimum Gasteiger partial charge on any atom is -0.370 e. The number of likely N-dealkylation sites (tertiary alicyclic amines) is 1. The molecule has 12 amide bonds. The first-order chi connectivity index (χ1) is 40.8. The first-order valence-corrected chi connectivity index (χ1v) is 28.5. The summed E-state index contributed by atoms with van der Waals surface area (Å²) in [7, 11) is 0. The molecule has 1 fully saturated rings. The van der Waals surface area contributed by atoms with Crippen LogP contribution < -0.4 is 71.2 Å². The van der Waals surface area contributed by atoms with Crippen LogP contribution in [0.4, 0.5) is 0 Å². The third-order valence-electron chi connectivity index (χ3n) is 14.8. The maximum absolute atomic E-state index is 14.7. The lowest BCUT2D eigenvalue weighted by Crippen LogP contribution is -2.62. The summed E-state index contributed by atoms with van der Waals surface area (Å²) >= 11 is 0. The van der Waals surface area contributed by atoms with E-state index in [0.29, 0.717) is 18.4 Å². The highest BCUT2D eigenvalue weighted by Gasteiger charge is 2.41. The van der Waals surface area contributed by atoms with E-state index in [4.69, 9.17) is 28.7 Å². The molecular formula is C57H81N17O12. The first-order valence-electron chi connectivity index (χ1n) is 28.5. The molecule has 1 saturated heterocycles. The molecule has 0 saturated carbocycles. The van der Waals surface area contributed by atoms with Crippen molar-refractivity contribution in [3.63, 3.8) is 0 Å². The number of nitrogens with one attached hydrogen (secondary N) is 10. The van der Waals surface area contributed by atoms with Crippen molar-refractivity contribution in [3.05, 3.63) is 72.1 Å². The number of amides is 12. The molecule has 0 aliphatic carbocycles. The van der Waals surface area contributed by atoms with Gasteiger partial charge in [0.25, 0.3) is 0 Å². The van der Waals surface area contributed by atoms with Crippen molar-refractivity contribution in [2.24, 2.45) is 45.5 Å². The summed E-state index contributed by atoms with van der Waals surface area (Å²) in [6.07, 6.45) is 2.71. The maximum atomic E-state index is 14.7. The van der Waals surface area contributed by atoms with Crippen LogP contribution in [-0.2, 0) is 70.4 Å². The number of guanidine groups is 1. The largest absolute Gasteiger partial charge is 0.370 e. The van der Waals surface area contributed by atoms with Gasteiger partial charge in [-0.05, 0) is 67.2 Å². The lowest BCUT2D eigenvalue weighted by molar-refractivity contribution is -0.143. The molecule has 4 aromatic rings. The van der Waals surface area contributed by atoms with E-state index in [1.807, 2.05) is 42.5 Å². The molecule has 86 heavy (non-hydrogen) atoms. The van der Waals surface area contributed by atoms with Crippen molar-refractivity contribution >= 4 is 98.7 Å². The number of aliphatic imine (C=N–C) groups is 1. The second kappa shape index (κ2) is 31.9. The van der Waals surface area contributed by atoms with Gasteiger partial charge in [-0.3, -0.25) is 62.5 Å². The van der Waals surface area contributed by atoms with Gasteiger partial charge in [0.1, 0.15) is 48.3 Å². The van der Waals surface area contributed by atoms with E-state index in [-0.39, 0.29) is 51.2 Å². The fraction of sp³-hybridized carbons (Fsp3) is 0.491. The smallest absolute Gasteiger partial charge is 0.246 e. The van der Waals surface area contributed by atoms with E-state index in [2.05, 4.69) is 57.5 Å². The molecule has 5 rings (SSSR count). The van der Waals surface area contributed by atoms with Gasteiger partial charge in [-0.15, -0.1) is 0 Å². The maximum Gasteiger partial charge on any atom is 0.246 e. The second-order valence-electron chi connectivity index (χ2n) is 21.7. The third kappa shape index (κ3) is 19.5. The third-order valence-corrected chi connectivity index (χ3v) is 14.8. The van der Waals surface area contributed by atoms with Crippen LogP contribution in [0.2, 0.25) is 0 Å². The summed E-state index contributed by atoms with van der Waals surface area (Å²) in [5, 5.41) is 22.4. The molecule has 2 aromatic heterocycles. The van der Waals surface area contributed by atoms with Crippen LogP contribution in [0.15, 0.2) is 65.9 Å². The van der Waals surface area contributed by atoms with Gasteiger partial charge in [0.05, 0.1) is 13.0 Å². The minimum atomic E-state index is -1.78. The lowest BCUT2D eigenvalue weighted by atomic mass is 9.96. The standard InChI is InChI=1S/C57H81N17O12/c1-6-30(4)48(73-52(82)41(24-33-27-65-37-16-10-8-14-35(33)37)70-51(81)40(67-31(5)75)23-32-26-64-36-15-9-7-13-34(32)36)55(85)69-39(19-20-44(58)76)50(80)71-42(25-45(59)77)53(83)72-47(29(2)3)56(86)74-22-12-18-43(74)54(84)68-38(17-11-21-63-57(61)62)49(79)66-28-46(60)78/h7-10,13-16,26-27,29-30,38-43,47-48,64-65H,6,11-12,17-25,28H2,1-5H3,(H2,58,76)(H2,59,77)(H2,60,78)(H,66,79)(H,67,75)(H,68,84)(H,69,85)(H,70,81)(H,71,80)(H,72,83)(H,73,82)(H4,61,62,63)/t30-,38-,39-,40-,41+,42-,43-,47-,48-/m0/s1. The van der Waals surface area contributed by atoms with Crippen molar-refractivity contribution in [2.75, 3.05) is 19.6 Å². The van der Waals surface area contributed by atoms with Gasteiger partial charge in [-0.2, -0.15) is 0 Å². The van der Waals surface area contributed by atoms with Gasteiger partial charge in [-0.1, -0.05) is 70.5 Å². The number of H-pyrrole nitrogens is 2. The summed E-state index contributed by atoms with van der Waals surface area (Å²) in [5.74, 6) is -11.5.